The fourth-order valence-electron chi connectivity index (χ4n) is 4.15. The minimum atomic E-state index is -0.539. The van der Waals surface area contributed by atoms with Crippen LogP contribution in [0.25, 0.3) is 10.8 Å². The zero-order chi connectivity index (χ0) is 24.6. The zero-order valence-electron chi connectivity index (χ0n) is 20.0. The van der Waals surface area contributed by atoms with Gasteiger partial charge in [-0.2, -0.15) is 0 Å². The number of methoxy groups -OCH3 is 2. The molecule has 1 saturated carbocycles. The molecule has 0 spiro atoms. The Morgan fingerprint density at radius 2 is 1.63 bits per heavy atom. The van der Waals surface area contributed by atoms with Crippen molar-refractivity contribution in [2.24, 2.45) is 0 Å². The molecule has 3 aromatic carbocycles. The van der Waals surface area contributed by atoms with Crippen molar-refractivity contribution in [2.45, 2.75) is 37.4 Å². The predicted octanol–water partition coefficient (Wildman–Crippen LogP) is 6.36. The first-order valence-corrected chi connectivity index (χ1v) is 12.8. The van der Waals surface area contributed by atoms with Gasteiger partial charge in [0.05, 0.1) is 20.0 Å². The van der Waals surface area contributed by atoms with E-state index in [2.05, 4.69) is 10.6 Å². The number of ether oxygens (including phenoxy) is 3. The lowest BCUT2D eigenvalue weighted by Crippen LogP contribution is -2.35. The summed E-state index contributed by atoms with van der Waals surface area (Å²) in [4.78, 5) is 24.3. The van der Waals surface area contributed by atoms with Gasteiger partial charge in [0.2, 0.25) is 5.91 Å². The fraction of sp³-hybridized carbons (Fsp3) is 0.333. The number of hydrogen-bond donors (Lipinski definition) is 2. The van der Waals surface area contributed by atoms with Crippen molar-refractivity contribution >= 4 is 40.2 Å². The predicted molar refractivity (Wildman–Crippen MR) is 140 cm³/mol. The van der Waals surface area contributed by atoms with Gasteiger partial charge in [0.1, 0.15) is 11.5 Å². The summed E-state index contributed by atoms with van der Waals surface area (Å²) >= 11 is 1.64. The Morgan fingerprint density at radius 1 is 0.914 bits per heavy atom. The molecule has 1 aliphatic rings. The standard InChI is InChI=1S/C27H30N2O5S/c1-32-24-15-18-7-6-10-23(22(18)16-25(24)33-2)34-20-13-11-19(12-14-20)28-27(31)29-26(30)17-35-21-8-4-3-5-9-21/h6-7,10-16,21H,3-5,8-9,17H2,1-2H3,(H2,28,29,30,31). The van der Waals surface area contributed by atoms with Crippen LogP contribution in [0.15, 0.2) is 54.6 Å². The Bertz CT molecular complexity index is 1180. The second kappa shape index (κ2) is 11.8. The Balaban J connectivity index is 1.34. The highest BCUT2D eigenvalue weighted by atomic mass is 32.2. The lowest BCUT2D eigenvalue weighted by molar-refractivity contribution is -0.117. The first kappa shape index (κ1) is 24.7. The van der Waals surface area contributed by atoms with E-state index >= 15 is 0 Å². The number of carbonyl (C=O) groups excluding carboxylic acids is 2. The van der Waals surface area contributed by atoms with E-state index in [9.17, 15) is 9.59 Å². The van der Waals surface area contributed by atoms with Crippen molar-refractivity contribution in [1.29, 1.82) is 0 Å². The lowest BCUT2D eigenvalue weighted by atomic mass is 10.0. The Morgan fingerprint density at radius 3 is 2.34 bits per heavy atom. The number of benzene rings is 3. The van der Waals surface area contributed by atoms with Gasteiger partial charge in [-0.15, -0.1) is 11.8 Å². The highest BCUT2D eigenvalue weighted by Crippen LogP contribution is 2.38. The molecule has 0 aromatic heterocycles. The van der Waals surface area contributed by atoms with Gasteiger partial charge in [0.25, 0.3) is 0 Å². The molecule has 184 valence electrons. The number of amides is 3. The first-order valence-electron chi connectivity index (χ1n) is 11.7. The molecular formula is C27H30N2O5S. The zero-order valence-corrected chi connectivity index (χ0v) is 20.8. The maximum atomic E-state index is 12.2. The Hall–Kier alpha value is -3.39. The molecule has 35 heavy (non-hydrogen) atoms. The second-order valence-corrected chi connectivity index (χ2v) is 9.67. The molecule has 3 amide bonds. The maximum absolute atomic E-state index is 12.2. The molecule has 0 aliphatic heterocycles. The number of nitrogens with one attached hydrogen (secondary N) is 2. The minimum absolute atomic E-state index is 0.277. The summed E-state index contributed by atoms with van der Waals surface area (Å²) in [6.07, 6.45) is 6.03. The Kier molecular flexibility index (Phi) is 8.36. The molecule has 0 bridgehead atoms. The van der Waals surface area contributed by atoms with Gasteiger partial charge in [-0.1, -0.05) is 31.4 Å². The average Bonchev–Trinajstić information content (AvgIpc) is 2.88. The quantitative estimate of drug-likeness (QED) is 0.379. The number of rotatable bonds is 8. The van der Waals surface area contributed by atoms with Gasteiger partial charge in [-0.25, -0.2) is 4.79 Å². The molecule has 0 radical (unpaired) electrons. The van der Waals surface area contributed by atoms with E-state index in [1.54, 1.807) is 50.2 Å². The largest absolute Gasteiger partial charge is 0.493 e. The molecule has 8 heteroatoms. The van der Waals surface area contributed by atoms with Crippen LogP contribution in [0.2, 0.25) is 0 Å². The second-order valence-electron chi connectivity index (χ2n) is 8.38. The van der Waals surface area contributed by atoms with Crippen molar-refractivity contribution in [2.75, 3.05) is 25.3 Å². The van der Waals surface area contributed by atoms with Gasteiger partial charge >= 0.3 is 6.03 Å². The van der Waals surface area contributed by atoms with Crippen LogP contribution in [-0.2, 0) is 4.79 Å². The maximum Gasteiger partial charge on any atom is 0.325 e. The van der Waals surface area contributed by atoms with Gasteiger partial charge in [-0.3, -0.25) is 10.1 Å². The van der Waals surface area contributed by atoms with Crippen LogP contribution < -0.4 is 24.8 Å². The van der Waals surface area contributed by atoms with Crippen LogP contribution in [0.1, 0.15) is 32.1 Å². The normalized spacial score (nSPS) is 13.8. The molecular weight excluding hydrogens is 464 g/mol. The van der Waals surface area contributed by atoms with Crippen LogP contribution >= 0.6 is 11.8 Å². The fourth-order valence-corrected chi connectivity index (χ4v) is 5.27. The van der Waals surface area contributed by atoms with E-state index in [0.29, 0.717) is 39.7 Å². The number of urea groups is 1. The van der Waals surface area contributed by atoms with Crippen molar-refractivity contribution in [3.63, 3.8) is 0 Å². The summed E-state index contributed by atoms with van der Waals surface area (Å²) in [5, 5.41) is 7.46. The Labute approximate surface area is 209 Å². The third kappa shape index (κ3) is 6.60. The SMILES string of the molecule is COc1cc2cccc(Oc3ccc(NC(=O)NC(=O)CSC4CCCCC4)cc3)c2cc1OC. The summed E-state index contributed by atoms with van der Waals surface area (Å²) in [5.41, 5.74) is 0.562. The molecule has 2 N–H and O–H groups in total. The summed E-state index contributed by atoms with van der Waals surface area (Å²) < 4.78 is 16.9. The third-order valence-corrected chi connectivity index (χ3v) is 7.31. The number of imide groups is 1. The van der Waals surface area contributed by atoms with Crippen molar-refractivity contribution in [1.82, 2.24) is 5.32 Å². The van der Waals surface area contributed by atoms with Crippen molar-refractivity contribution in [3.8, 4) is 23.0 Å². The van der Waals surface area contributed by atoms with Crippen LogP contribution in [0, 0.1) is 0 Å². The van der Waals surface area contributed by atoms with Crippen molar-refractivity contribution < 1.29 is 23.8 Å². The van der Waals surface area contributed by atoms with E-state index in [1.807, 2.05) is 30.3 Å². The number of hydrogen-bond acceptors (Lipinski definition) is 6. The molecule has 1 fully saturated rings. The molecule has 4 rings (SSSR count). The highest BCUT2D eigenvalue weighted by molar-refractivity contribution is 8.00. The van der Waals surface area contributed by atoms with Gasteiger partial charge in [0.15, 0.2) is 11.5 Å². The molecule has 3 aromatic rings. The topological polar surface area (TPSA) is 85.9 Å². The summed E-state index contributed by atoms with van der Waals surface area (Å²) in [5.74, 6) is 2.57. The highest BCUT2D eigenvalue weighted by Gasteiger charge is 2.16. The molecule has 1 aliphatic carbocycles. The van der Waals surface area contributed by atoms with Crippen LogP contribution in [0.4, 0.5) is 10.5 Å². The summed E-state index contributed by atoms with van der Waals surface area (Å²) in [6, 6.07) is 16.0. The summed E-state index contributed by atoms with van der Waals surface area (Å²) in [6.45, 7) is 0. The average molecular weight is 495 g/mol. The van der Waals surface area contributed by atoms with E-state index in [1.165, 1.54) is 19.3 Å². The van der Waals surface area contributed by atoms with Crippen LogP contribution in [0.3, 0.4) is 0 Å². The number of fused-ring (bicyclic) bond motifs is 1. The van der Waals surface area contributed by atoms with Crippen LogP contribution in [-0.4, -0.2) is 37.2 Å². The third-order valence-electron chi connectivity index (χ3n) is 5.94. The molecule has 0 saturated heterocycles. The number of carbonyl (C=O) groups is 2. The van der Waals surface area contributed by atoms with E-state index in [-0.39, 0.29) is 5.91 Å². The van der Waals surface area contributed by atoms with Crippen molar-refractivity contribution in [3.05, 3.63) is 54.6 Å². The summed E-state index contributed by atoms with van der Waals surface area (Å²) in [7, 11) is 3.20. The van der Waals surface area contributed by atoms with Gasteiger partial charge in [-0.05, 0) is 60.7 Å². The molecule has 7 nitrogen and oxygen atoms in total. The smallest absolute Gasteiger partial charge is 0.325 e. The molecule has 0 unspecified atom stereocenters. The van der Waals surface area contributed by atoms with E-state index in [4.69, 9.17) is 14.2 Å². The lowest BCUT2D eigenvalue weighted by Gasteiger charge is -2.20. The first-order chi connectivity index (χ1) is 17.1. The monoisotopic (exact) mass is 494 g/mol. The van der Waals surface area contributed by atoms with Crippen LogP contribution in [0.5, 0.6) is 23.0 Å². The van der Waals surface area contributed by atoms with Gasteiger partial charge < -0.3 is 19.5 Å². The minimum Gasteiger partial charge on any atom is -0.493 e. The molecule has 0 heterocycles. The van der Waals surface area contributed by atoms with Gasteiger partial charge in [0, 0.05) is 16.3 Å². The van der Waals surface area contributed by atoms with E-state index in [0.717, 1.165) is 23.6 Å². The van der Waals surface area contributed by atoms with E-state index < -0.39 is 6.03 Å². The number of anilines is 1. The number of thioether (sulfide) groups is 1. The molecule has 0 atom stereocenters.